The molecular formula is C15H22O2. The summed E-state index contributed by atoms with van der Waals surface area (Å²) >= 11 is 0. The number of ketones is 1. The quantitative estimate of drug-likeness (QED) is 0.821. The minimum Gasteiger partial charge on any atom is -0.396 e. The van der Waals surface area contributed by atoms with Crippen LogP contribution in [-0.2, 0) is 17.6 Å². The van der Waals surface area contributed by atoms with Gasteiger partial charge in [0.05, 0.1) is 6.61 Å². The molecule has 1 atom stereocenters. The Morgan fingerprint density at radius 3 is 2.12 bits per heavy atom. The zero-order valence-electron chi connectivity index (χ0n) is 10.9. The monoisotopic (exact) mass is 234 g/mol. The van der Waals surface area contributed by atoms with Crippen molar-refractivity contribution in [2.45, 2.75) is 33.6 Å². The smallest absolute Gasteiger partial charge is 0.142 e. The van der Waals surface area contributed by atoms with Crippen LogP contribution >= 0.6 is 0 Å². The van der Waals surface area contributed by atoms with E-state index in [-0.39, 0.29) is 18.3 Å². The summed E-state index contributed by atoms with van der Waals surface area (Å²) in [4.78, 5) is 11.6. The number of rotatable bonds is 6. The van der Waals surface area contributed by atoms with Crippen LogP contribution in [0.25, 0.3) is 0 Å². The van der Waals surface area contributed by atoms with Gasteiger partial charge in [-0.1, -0.05) is 45.0 Å². The van der Waals surface area contributed by atoms with Gasteiger partial charge < -0.3 is 5.11 Å². The first kappa shape index (κ1) is 13.9. The van der Waals surface area contributed by atoms with Gasteiger partial charge in [0.2, 0.25) is 0 Å². The second-order valence-corrected chi connectivity index (χ2v) is 5.14. The number of Topliss-reactive ketones (excluding diaryl/α,β-unsaturated/α-hetero) is 1. The lowest BCUT2D eigenvalue weighted by Gasteiger charge is -2.08. The van der Waals surface area contributed by atoms with Crippen molar-refractivity contribution in [3.63, 3.8) is 0 Å². The number of aliphatic hydroxyl groups is 1. The van der Waals surface area contributed by atoms with E-state index >= 15 is 0 Å². The van der Waals surface area contributed by atoms with Crippen LogP contribution < -0.4 is 0 Å². The highest BCUT2D eigenvalue weighted by atomic mass is 16.3. The highest BCUT2D eigenvalue weighted by Gasteiger charge is 2.11. The predicted octanol–water partition coefficient (Wildman–Crippen LogP) is 2.63. The minimum atomic E-state index is -0.259. The normalized spacial score (nSPS) is 12.8. The first-order chi connectivity index (χ1) is 8.02. The number of carbonyl (C=O) groups excluding carboxylic acids is 1. The Balaban J connectivity index is 2.59. The fourth-order valence-electron chi connectivity index (χ4n) is 1.74. The van der Waals surface area contributed by atoms with Crippen LogP contribution in [0.3, 0.4) is 0 Å². The first-order valence-electron chi connectivity index (χ1n) is 6.24. The Bertz CT molecular complexity index is 352. The molecule has 0 aliphatic carbocycles. The van der Waals surface area contributed by atoms with E-state index in [2.05, 4.69) is 26.0 Å². The van der Waals surface area contributed by atoms with Gasteiger partial charge in [-0.3, -0.25) is 4.79 Å². The van der Waals surface area contributed by atoms with Crippen molar-refractivity contribution >= 4 is 5.78 Å². The Hall–Kier alpha value is -1.15. The average molecular weight is 234 g/mol. The van der Waals surface area contributed by atoms with Crippen LogP contribution in [0, 0.1) is 11.8 Å². The molecule has 1 aromatic carbocycles. The Morgan fingerprint density at radius 2 is 1.65 bits per heavy atom. The summed E-state index contributed by atoms with van der Waals surface area (Å²) in [6.07, 6.45) is 1.49. The van der Waals surface area contributed by atoms with Crippen molar-refractivity contribution in [1.29, 1.82) is 0 Å². The molecule has 0 aromatic heterocycles. The summed E-state index contributed by atoms with van der Waals surface area (Å²) in [7, 11) is 0. The fraction of sp³-hybridized carbons (Fsp3) is 0.533. The summed E-state index contributed by atoms with van der Waals surface area (Å²) in [5, 5.41) is 8.91. The molecule has 94 valence electrons. The van der Waals surface area contributed by atoms with Gasteiger partial charge in [-0.2, -0.15) is 0 Å². The van der Waals surface area contributed by atoms with Crippen LogP contribution in [0.2, 0.25) is 0 Å². The summed E-state index contributed by atoms with van der Waals surface area (Å²) in [5.74, 6) is 0.492. The molecule has 0 fully saturated rings. The van der Waals surface area contributed by atoms with Crippen molar-refractivity contribution in [3.8, 4) is 0 Å². The number of hydrogen-bond donors (Lipinski definition) is 1. The van der Waals surface area contributed by atoms with Crippen LogP contribution in [0.4, 0.5) is 0 Å². The first-order valence-corrected chi connectivity index (χ1v) is 6.24. The summed E-state index contributed by atoms with van der Waals surface area (Å²) < 4.78 is 0. The predicted molar refractivity (Wildman–Crippen MR) is 69.9 cm³/mol. The molecule has 0 spiro atoms. The zero-order valence-corrected chi connectivity index (χ0v) is 10.9. The van der Waals surface area contributed by atoms with Gasteiger partial charge in [-0.25, -0.2) is 0 Å². The molecule has 2 heteroatoms. The maximum Gasteiger partial charge on any atom is 0.142 e. The van der Waals surface area contributed by atoms with Crippen LogP contribution in [0.5, 0.6) is 0 Å². The second-order valence-electron chi connectivity index (χ2n) is 5.14. The molecule has 1 aromatic rings. The number of hydrogen-bond acceptors (Lipinski definition) is 2. The topological polar surface area (TPSA) is 37.3 Å². The van der Waals surface area contributed by atoms with Crippen LogP contribution in [-0.4, -0.2) is 17.5 Å². The van der Waals surface area contributed by atoms with E-state index in [9.17, 15) is 4.79 Å². The molecule has 0 saturated carbocycles. The second kappa shape index (κ2) is 6.55. The number of carbonyl (C=O) groups is 1. The van der Waals surface area contributed by atoms with Crippen molar-refractivity contribution in [2.24, 2.45) is 11.8 Å². The summed E-state index contributed by atoms with van der Waals surface area (Å²) in [6, 6.07) is 8.21. The lowest BCUT2D eigenvalue weighted by atomic mass is 9.97. The van der Waals surface area contributed by atoms with E-state index in [4.69, 9.17) is 5.11 Å². The third-order valence-electron chi connectivity index (χ3n) is 2.87. The molecule has 0 heterocycles. The largest absolute Gasteiger partial charge is 0.396 e. The van der Waals surface area contributed by atoms with E-state index in [0.717, 1.165) is 12.0 Å². The van der Waals surface area contributed by atoms with E-state index in [1.54, 1.807) is 6.92 Å². The van der Waals surface area contributed by atoms with Gasteiger partial charge in [0.25, 0.3) is 0 Å². The van der Waals surface area contributed by atoms with Crippen molar-refractivity contribution < 1.29 is 9.90 Å². The molecule has 0 bridgehead atoms. The van der Waals surface area contributed by atoms with Gasteiger partial charge >= 0.3 is 0 Å². The lowest BCUT2D eigenvalue weighted by molar-refractivity contribution is -0.122. The van der Waals surface area contributed by atoms with Gasteiger partial charge in [-0.15, -0.1) is 0 Å². The highest BCUT2D eigenvalue weighted by molar-refractivity contribution is 5.83. The molecule has 2 nitrogen and oxygen atoms in total. The molecule has 1 N–H and O–H groups in total. The lowest BCUT2D eigenvalue weighted by Crippen LogP contribution is -2.17. The van der Waals surface area contributed by atoms with Gasteiger partial charge in [0.15, 0.2) is 0 Å². The Kier molecular flexibility index (Phi) is 5.36. The minimum absolute atomic E-state index is 0.0652. The Morgan fingerprint density at radius 1 is 1.12 bits per heavy atom. The van der Waals surface area contributed by atoms with E-state index < -0.39 is 0 Å². The fourth-order valence-corrected chi connectivity index (χ4v) is 1.74. The summed E-state index contributed by atoms with van der Waals surface area (Å²) in [6.45, 7) is 6.08. The third kappa shape index (κ3) is 4.70. The van der Waals surface area contributed by atoms with Gasteiger partial charge in [0, 0.05) is 12.3 Å². The van der Waals surface area contributed by atoms with E-state index in [1.807, 2.05) is 12.1 Å². The maximum absolute atomic E-state index is 11.6. The molecule has 17 heavy (non-hydrogen) atoms. The Labute approximate surface area is 104 Å². The highest BCUT2D eigenvalue weighted by Crippen LogP contribution is 2.11. The molecule has 0 amide bonds. The number of benzene rings is 1. The average Bonchev–Trinajstić information content (AvgIpc) is 2.30. The van der Waals surface area contributed by atoms with Crippen molar-refractivity contribution in [3.05, 3.63) is 35.4 Å². The molecule has 1 rings (SSSR count). The molecule has 0 unspecified atom stereocenters. The summed E-state index contributed by atoms with van der Waals surface area (Å²) in [5.41, 5.74) is 2.34. The molecule has 0 aliphatic rings. The maximum atomic E-state index is 11.6. The van der Waals surface area contributed by atoms with E-state index in [1.165, 1.54) is 5.56 Å². The van der Waals surface area contributed by atoms with Crippen LogP contribution in [0.1, 0.15) is 31.9 Å². The third-order valence-corrected chi connectivity index (χ3v) is 2.87. The molecule has 0 radical (unpaired) electrons. The zero-order chi connectivity index (χ0) is 12.8. The number of aliphatic hydroxyl groups excluding tert-OH is 1. The van der Waals surface area contributed by atoms with Gasteiger partial charge in [0.1, 0.15) is 5.78 Å². The van der Waals surface area contributed by atoms with Crippen molar-refractivity contribution in [1.82, 2.24) is 0 Å². The van der Waals surface area contributed by atoms with Crippen molar-refractivity contribution in [2.75, 3.05) is 6.61 Å². The SMILES string of the molecule is CC(C)Cc1ccc(CC(=O)[C@@H](C)CO)cc1. The molecular weight excluding hydrogens is 212 g/mol. The molecule has 0 aliphatic heterocycles. The molecule has 0 saturated heterocycles. The van der Waals surface area contributed by atoms with E-state index in [0.29, 0.717) is 12.3 Å². The van der Waals surface area contributed by atoms with Crippen LogP contribution in [0.15, 0.2) is 24.3 Å². The van der Waals surface area contributed by atoms with Gasteiger partial charge in [-0.05, 0) is 23.5 Å². The standard InChI is InChI=1S/C15H22O2/c1-11(2)8-13-4-6-14(7-5-13)9-15(17)12(3)10-16/h4-7,11-12,16H,8-10H2,1-3H3/t12-/m0/s1.